The lowest BCUT2D eigenvalue weighted by Crippen LogP contribution is -2.09. The second-order valence-electron chi connectivity index (χ2n) is 3.80. The predicted molar refractivity (Wildman–Crippen MR) is 50.1 cm³/mol. The van der Waals surface area contributed by atoms with Crippen LogP contribution in [0.5, 0.6) is 0 Å². The van der Waals surface area contributed by atoms with Crippen LogP contribution in [-0.4, -0.2) is 45.4 Å². The van der Waals surface area contributed by atoms with Gasteiger partial charge in [-0.05, 0) is 19.3 Å². The van der Waals surface area contributed by atoms with Crippen LogP contribution in [0.25, 0.3) is 0 Å². The molecule has 2 heterocycles. The zero-order chi connectivity index (χ0) is 9.64. The molecule has 0 aromatic rings. The Balaban J connectivity index is 1.35. The standard InChI is InChI=1S/C10H18O4/c1(3-9-5-12-8-14-9)2-4-11-6-10-7-13-10/h9-10H,1-8H2. The molecule has 0 aliphatic carbocycles. The largest absolute Gasteiger partial charge is 0.379 e. The Hall–Kier alpha value is -0.160. The number of epoxide rings is 1. The molecule has 0 bridgehead atoms. The Morgan fingerprint density at radius 3 is 2.71 bits per heavy atom. The molecule has 2 saturated heterocycles. The Labute approximate surface area is 84.5 Å². The van der Waals surface area contributed by atoms with Crippen LogP contribution in [0.15, 0.2) is 0 Å². The van der Waals surface area contributed by atoms with Gasteiger partial charge in [-0.1, -0.05) is 0 Å². The molecule has 2 atom stereocenters. The minimum absolute atomic E-state index is 0.321. The van der Waals surface area contributed by atoms with Crippen LogP contribution < -0.4 is 0 Å². The van der Waals surface area contributed by atoms with Gasteiger partial charge >= 0.3 is 0 Å². The third-order valence-corrected chi connectivity index (χ3v) is 2.46. The summed E-state index contributed by atoms with van der Waals surface area (Å²) in [7, 11) is 0. The fraction of sp³-hybridized carbons (Fsp3) is 1.00. The molecule has 2 unspecified atom stereocenters. The van der Waals surface area contributed by atoms with E-state index in [0.717, 1.165) is 45.7 Å². The second kappa shape index (κ2) is 5.66. The van der Waals surface area contributed by atoms with Gasteiger partial charge in [0, 0.05) is 6.61 Å². The maximum absolute atomic E-state index is 5.43. The van der Waals surface area contributed by atoms with Crippen LogP contribution >= 0.6 is 0 Å². The van der Waals surface area contributed by atoms with Crippen molar-refractivity contribution in [2.75, 3.05) is 33.2 Å². The van der Waals surface area contributed by atoms with Crippen molar-refractivity contribution in [1.82, 2.24) is 0 Å². The zero-order valence-electron chi connectivity index (χ0n) is 8.44. The Morgan fingerprint density at radius 1 is 1.07 bits per heavy atom. The lowest BCUT2D eigenvalue weighted by molar-refractivity contribution is 0.0429. The lowest BCUT2D eigenvalue weighted by Gasteiger charge is -2.06. The van der Waals surface area contributed by atoms with Gasteiger partial charge in [0.2, 0.25) is 0 Å². The van der Waals surface area contributed by atoms with E-state index in [1.54, 1.807) is 0 Å². The molecule has 4 heteroatoms. The van der Waals surface area contributed by atoms with E-state index in [0.29, 0.717) is 19.0 Å². The number of hydrogen-bond donors (Lipinski definition) is 0. The number of rotatable bonds is 7. The van der Waals surface area contributed by atoms with Gasteiger partial charge in [0.05, 0.1) is 25.9 Å². The average molecular weight is 202 g/mol. The molecule has 0 radical (unpaired) electrons. The van der Waals surface area contributed by atoms with E-state index in [-0.39, 0.29) is 0 Å². The number of hydrogen-bond acceptors (Lipinski definition) is 4. The highest BCUT2D eigenvalue weighted by molar-refractivity contribution is 4.67. The van der Waals surface area contributed by atoms with Crippen molar-refractivity contribution in [3.63, 3.8) is 0 Å². The fourth-order valence-corrected chi connectivity index (χ4v) is 1.49. The molecule has 0 aromatic heterocycles. The van der Waals surface area contributed by atoms with Gasteiger partial charge in [0.1, 0.15) is 12.9 Å². The fourth-order valence-electron chi connectivity index (χ4n) is 1.49. The van der Waals surface area contributed by atoms with Crippen LogP contribution in [0, 0.1) is 0 Å². The van der Waals surface area contributed by atoms with E-state index >= 15 is 0 Å². The highest BCUT2D eigenvalue weighted by Crippen LogP contribution is 2.12. The first kappa shape index (κ1) is 10.4. The summed E-state index contributed by atoms with van der Waals surface area (Å²) in [6.45, 7) is 3.72. The summed E-state index contributed by atoms with van der Waals surface area (Å²) >= 11 is 0. The summed E-state index contributed by atoms with van der Waals surface area (Å²) in [5.74, 6) is 0. The predicted octanol–water partition coefficient (Wildman–Crippen LogP) is 0.945. The van der Waals surface area contributed by atoms with Crippen molar-refractivity contribution in [2.24, 2.45) is 0 Å². The van der Waals surface area contributed by atoms with Gasteiger partial charge in [0.25, 0.3) is 0 Å². The lowest BCUT2D eigenvalue weighted by atomic mass is 10.2. The molecule has 14 heavy (non-hydrogen) atoms. The molecule has 4 nitrogen and oxygen atoms in total. The van der Waals surface area contributed by atoms with E-state index in [1.807, 2.05) is 0 Å². The summed E-state index contributed by atoms with van der Waals surface area (Å²) in [4.78, 5) is 0. The molecule has 2 rings (SSSR count). The highest BCUT2D eigenvalue weighted by Gasteiger charge is 2.22. The van der Waals surface area contributed by atoms with Crippen molar-refractivity contribution in [1.29, 1.82) is 0 Å². The van der Waals surface area contributed by atoms with Crippen molar-refractivity contribution >= 4 is 0 Å². The Kier molecular flexibility index (Phi) is 4.19. The maximum Gasteiger partial charge on any atom is 0.147 e. The van der Waals surface area contributed by atoms with Crippen LogP contribution in [0.3, 0.4) is 0 Å². The molecule has 0 aromatic carbocycles. The smallest absolute Gasteiger partial charge is 0.147 e. The van der Waals surface area contributed by atoms with Crippen molar-refractivity contribution in [3.8, 4) is 0 Å². The molecule has 2 aliphatic rings. The molecule has 0 saturated carbocycles. The SMILES string of the molecule is C(CCC1COCO1)COCC1CO1. The Morgan fingerprint density at radius 2 is 2.00 bits per heavy atom. The number of unbranched alkanes of at least 4 members (excludes halogenated alkanes) is 1. The van der Waals surface area contributed by atoms with Gasteiger partial charge in [-0.2, -0.15) is 0 Å². The van der Waals surface area contributed by atoms with Crippen LogP contribution in [-0.2, 0) is 18.9 Å². The van der Waals surface area contributed by atoms with Crippen LogP contribution in [0.1, 0.15) is 19.3 Å². The zero-order valence-corrected chi connectivity index (χ0v) is 8.44. The third kappa shape index (κ3) is 3.92. The first-order valence-corrected chi connectivity index (χ1v) is 5.34. The average Bonchev–Trinajstić information content (AvgIpc) is 2.87. The Bertz CT molecular complexity index is 152. The van der Waals surface area contributed by atoms with E-state index in [1.165, 1.54) is 0 Å². The van der Waals surface area contributed by atoms with Gasteiger partial charge in [-0.3, -0.25) is 0 Å². The topological polar surface area (TPSA) is 40.2 Å². The van der Waals surface area contributed by atoms with E-state index in [2.05, 4.69) is 0 Å². The summed E-state index contributed by atoms with van der Waals surface area (Å²) in [5, 5.41) is 0. The summed E-state index contributed by atoms with van der Waals surface area (Å²) < 4.78 is 20.9. The van der Waals surface area contributed by atoms with E-state index in [9.17, 15) is 0 Å². The normalized spacial score (nSPS) is 30.9. The van der Waals surface area contributed by atoms with Crippen LogP contribution in [0.4, 0.5) is 0 Å². The molecular formula is C10H18O4. The summed E-state index contributed by atoms with van der Waals surface area (Å²) in [6, 6.07) is 0. The molecule has 0 N–H and O–H groups in total. The summed E-state index contributed by atoms with van der Waals surface area (Å²) in [5.41, 5.74) is 0. The molecule has 82 valence electrons. The molecule has 2 aliphatic heterocycles. The molecule has 2 fully saturated rings. The third-order valence-electron chi connectivity index (χ3n) is 2.46. The van der Waals surface area contributed by atoms with Gasteiger partial charge in [-0.25, -0.2) is 0 Å². The quantitative estimate of drug-likeness (QED) is 0.455. The highest BCUT2D eigenvalue weighted by atomic mass is 16.7. The molecular weight excluding hydrogens is 184 g/mol. The maximum atomic E-state index is 5.43. The van der Waals surface area contributed by atoms with Gasteiger partial charge in [0.15, 0.2) is 0 Å². The van der Waals surface area contributed by atoms with Crippen molar-refractivity contribution in [3.05, 3.63) is 0 Å². The minimum Gasteiger partial charge on any atom is -0.379 e. The summed E-state index contributed by atoms with van der Waals surface area (Å²) in [6.07, 6.45) is 4.05. The first-order valence-electron chi connectivity index (χ1n) is 5.34. The van der Waals surface area contributed by atoms with Crippen molar-refractivity contribution < 1.29 is 18.9 Å². The molecule has 0 amide bonds. The first-order chi connectivity index (χ1) is 6.95. The van der Waals surface area contributed by atoms with Crippen molar-refractivity contribution in [2.45, 2.75) is 31.5 Å². The minimum atomic E-state index is 0.321. The number of ether oxygens (including phenoxy) is 4. The van der Waals surface area contributed by atoms with Crippen LogP contribution in [0.2, 0.25) is 0 Å². The van der Waals surface area contributed by atoms with E-state index < -0.39 is 0 Å². The van der Waals surface area contributed by atoms with Gasteiger partial charge < -0.3 is 18.9 Å². The second-order valence-corrected chi connectivity index (χ2v) is 3.80. The monoisotopic (exact) mass is 202 g/mol. The van der Waals surface area contributed by atoms with Gasteiger partial charge in [-0.15, -0.1) is 0 Å². The molecule has 0 spiro atoms. The van der Waals surface area contributed by atoms with E-state index in [4.69, 9.17) is 18.9 Å².